The molecule has 0 saturated heterocycles. The van der Waals surface area contributed by atoms with E-state index < -0.39 is 0 Å². The zero-order valence-electron chi connectivity index (χ0n) is 11.8. The Hall–Kier alpha value is -1.57. The maximum absolute atomic E-state index is 11.6. The molecule has 1 aromatic rings. The van der Waals surface area contributed by atoms with Crippen LogP contribution in [0, 0.1) is 5.92 Å². The first-order valence-corrected chi connectivity index (χ1v) is 7.72. The molecule has 0 radical (unpaired) electrons. The first-order valence-electron chi connectivity index (χ1n) is 6.57. The summed E-state index contributed by atoms with van der Waals surface area (Å²) in [7, 11) is 3.69. The molecule has 1 aliphatic rings. The topological polar surface area (TPSA) is 97.0 Å². The number of nitrogens with two attached hydrogens (primary N) is 1. The van der Waals surface area contributed by atoms with Gasteiger partial charge in [0.15, 0.2) is 0 Å². The Labute approximate surface area is 122 Å². The number of nitrogen functional groups attached to an aromatic ring is 1. The molecule has 20 heavy (non-hydrogen) atoms. The second-order valence-corrected chi connectivity index (χ2v) is 6.03. The standard InChI is InChI=1S/C12H20N6OS/c1-18(2)12-16-9(15-11(13)17-12)6-20-7-10(19)14-5-8-3-4-8/h8H,3-7H2,1-2H3,(H,14,19)(H2,13,15,16,17). The van der Waals surface area contributed by atoms with Crippen LogP contribution in [0.4, 0.5) is 11.9 Å². The smallest absolute Gasteiger partial charge is 0.230 e. The lowest BCUT2D eigenvalue weighted by Crippen LogP contribution is -2.27. The van der Waals surface area contributed by atoms with Crippen molar-refractivity contribution in [3.63, 3.8) is 0 Å². The summed E-state index contributed by atoms with van der Waals surface area (Å²) in [5.41, 5.74) is 5.64. The quantitative estimate of drug-likeness (QED) is 0.746. The van der Waals surface area contributed by atoms with E-state index in [1.807, 2.05) is 14.1 Å². The Morgan fingerprint density at radius 1 is 1.40 bits per heavy atom. The van der Waals surface area contributed by atoms with E-state index in [2.05, 4.69) is 20.3 Å². The molecule has 1 amide bonds. The van der Waals surface area contributed by atoms with Crippen molar-refractivity contribution in [2.75, 3.05) is 37.0 Å². The Balaban J connectivity index is 1.76. The van der Waals surface area contributed by atoms with Gasteiger partial charge in [-0.3, -0.25) is 4.79 Å². The third-order valence-electron chi connectivity index (χ3n) is 2.84. The fraction of sp³-hybridized carbons (Fsp3) is 0.667. The van der Waals surface area contributed by atoms with Crippen molar-refractivity contribution in [2.24, 2.45) is 5.92 Å². The number of rotatable bonds is 7. The average Bonchev–Trinajstić information content (AvgIpc) is 3.19. The summed E-state index contributed by atoms with van der Waals surface area (Å²) in [6.45, 7) is 0.808. The number of nitrogens with one attached hydrogen (secondary N) is 1. The van der Waals surface area contributed by atoms with Crippen LogP contribution in [-0.4, -0.2) is 47.3 Å². The van der Waals surface area contributed by atoms with Gasteiger partial charge in [-0.15, -0.1) is 11.8 Å². The van der Waals surface area contributed by atoms with Crippen LogP contribution in [0.5, 0.6) is 0 Å². The van der Waals surface area contributed by atoms with Crippen molar-refractivity contribution in [2.45, 2.75) is 18.6 Å². The third-order valence-corrected chi connectivity index (χ3v) is 3.76. The summed E-state index contributed by atoms with van der Waals surface area (Å²) in [6, 6.07) is 0. The summed E-state index contributed by atoms with van der Waals surface area (Å²) in [4.78, 5) is 25.7. The monoisotopic (exact) mass is 296 g/mol. The number of carbonyl (C=O) groups is 1. The number of carbonyl (C=O) groups excluding carboxylic acids is 1. The van der Waals surface area contributed by atoms with Crippen LogP contribution in [0.25, 0.3) is 0 Å². The summed E-state index contributed by atoms with van der Waals surface area (Å²) < 4.78 is 0. The molecule has 0 atom stereocenters. The lowest BCUT2D eigenvalue weighted by Gasteiger charge is -2.11. The Kier molecular flexibility index (Phi) is 4.99. The fourth-order valence-electron chi connectivity index (χ4n) is 1.56. The molecule has 110 valence electrons. The highest BCUT2D eigenvalue weighted by molar-refractivity contribution is 7.99. The van der Waals surface area contributed by atoms with Gasteiger partial charge in [0.2, 0.25) is 17.8 Å². The van der Waals surface area contributed by atoms with Crippen molar-refractivity contribution in [1.29, 1.82) is 0 Å². The van der Waals surface area contributed by atoms with Gasteiger partial charge in [0, 0.05) is 20.6 Å². The highest BCUT2D eigenvalue weighted by atomic mass is 32.2. The number of thioether (sulfide) groups is 1. The van der Waals surface area contributed by atoms with E-state index in [9.17, 15) is 4.79 Å². The average molecular weight is 296 g/mol. The zero-order chi connectivity index (χ0) is 14.5. The third kappa shape index (κ3) is 4.84. The van der Waals surface area contributed by atoms with Crippen molar-refractivity contribution in [3.05, 3.63) is 5.82 Å². The molecule has 1 fully saturated rings. The van der Waals surface area contributed by atoms with E-state index in [1.165, 1.54) is 24.6 Å². The molecule has 8 heteroatoms. The van der Waals surface area contributed by atoms with Crippen LogP contribution in [0.1, 0.15) is 18.7 Å². The van der Waals surface area contributed by atoms with Crippen LogP contribution >= 0.6 is 11.8 Å². The van der Waals surface area contributed by atoms with E-state index in [-0.39, 0.29) is 11.9 Å². The van der Waals surface area contributed by atoms with Crippen molar-refractivity contribution in [3.8, 4) is 0 Å². The van der Waals surface area contributed by atoms with Crippen LogP contribution < -0.4 is 16.0 Å². The second-order valence-electron chi connectivity index (χ2n) is 5.04. The van der Waals surface area contributed by atoms with Crippen molar-refractivity contribution in [1.82, 2.24) is 20.3 Å². The van der Waals surface area contributed by atoms with Crippen LogP contribution in [-0.2, 0) is 10.5 Å². The molecule has 1 aliphatic carbocycles. The summed E-state index contributed by atoms with van der Waals surface area (Å²) >= 11 is 1.48. The predicted octanol–water partition coefficient (Wildman–Crippen LogP) is 0.279. The minimum atomic E-state index is 0.0664. The van der Waals surface area contributed by atoms with Crippen LogP contribution in [0.3, 0.4) is 0 Å². The van der Waals surface area contributed by atoms with Crippen molar-refractivity contribution >= 4 is 29.6 Å². The number of aromatic nitrogens is 3. The molecule has 3 N–H and O–H groups in total. The molecular weight excluding hydrogens is 276 g/mol. The molecule has 7 nitrogen and oxygen atoms in total. The van der Waals surface area contributed by atoms with Gasteiger partial charge in [-0.25, -0.2) is 0 Å². The van der Waals surface area contributed by atoms with E-state index in [1.54, 1.807) is 4.90 Å². The molecule has 1 heterocycles. The van der Waals surface area contributed by atoms with Gasteiger partial charge in [-0.05, 0) is 18.8 Å². The minimum absolute atomic E-state index is 0.0664. The molecule has 1 saturated carbocycles. The molecule has 2 rings (SSSR count). The highest BCUT2D eigenvalue weighted by Gasteiger charge is 2.21. The molecular formula is C12H20N6OS. The number of hydrogen-bond acceptors (Lipinski definition) is 7. The largest absolute Gasteiger partial charge is 0.368 e. The lowest BCUT2D eigenvalue weighted by atomic mass is 10.4. The van der Waals surface area contributed by atoms with Crippen LogP contribution in [0.15, 0.2) is 0 Å². The molecule has 0 aliphatic heterocycles. The van der Waals surface area contributed by atoms with E-state index in [0.29, 0.717) is 29.2 Å². The van der Waals surface area contributed by atoms with E-state index in [0.717, 1.165) is 6.54 Å². The maximum atomic E-state index is 11.6. The first-order chi connectivity index (χ1) is 9.54. The van der Waals surface area contributed by atoms with Gasteiger partial charge < -0.3 is 16.0 Å². The summed E-state index contributed by atoms with van der Waals surface area (Å²) in [6.07, 6.45) is 2.48. The zero-order valence-corrected chi connectivity index (χ0v) is 12.6. The number of anilines is 2. The summed E-state index contributed by atoms with van der Waals surface area (Å²) in [5.74, 6) is 3.07. The number of hydrogen-bond donors (Lipinski definition) is 2. The summed E-state index contributed by atoms with van der Waals surface area (Å²) in [5, 5.41) is 2.93. The first kappa shape index (κ1) is 14.8. The van der Waals surface area contributed by atoms with Crippen LogP contribution in [0.2, 0.25) is 0 Å². The molecule has 0 bridgehead atoms. The fourth-order valence-corrected chi connectivity index (χ4v) is 2.26. The van der Waals surface area contributed by atoms with Gasteiger partial charge in [0.05, 0.1) is 11.5 Å². The molecule has 0 aromatic carbocycles. The molecule has 1 aromatic heterocycles. The molecule has 0 unspecified atom stereocenters. The van der Waals surface area contributed by atoms with E-state index >= 15 is 0 Å². The Bertz CT molecular complexity index is 477. The van der Waals surface area contributed by atoms with E-state index in [4.69, 9.17) is 5.73 Å². The number of nitrogens with zero attached hydrogens (tertiary/aromatic N) is 4. The Morgan fingerprint density at radius 3 is 2.80 bits per heavy atom. The van der Waals surface area contributed by atoms with Crippen molar-refractivity contribution < 1.29 is 4.79 Å². The second kappa shape index (κ2) is 6.74. The van der Waals surface area contributed by atoms with Gasteiger partial charge in [0.1, 0.15) is 5.82 Å². The number of amides is 1. The highest BCUT2D eigenvalue weighted by Crippen LogP contribution is 2.27. The van der Waals surface area contributed by atoms with Gasteiger partial charge in [-0.1, -0.05) is 0 Å². The SMILES string of the molecule is CN(C)c1nc(N)nc(CSCC(=O)NCC2CC2)n1. The maximum Gasteiger partial charge on any atom is 0.230 e. The minimum Gasteiger partial charge on any atom is -0.368 e. The lowest BCUT2D eigenvalue weighted by molar-refractivity contribution is -0.118. The van der Waals surface area contributed by atoms with Gasteiger partial charge >= 0.3 is 0 Å². The van der Waals surface area contributed by atoms with Gasteiger partial charge in [0.25, 0.3) is 0 Å². The Morgan fingerprint density at radius 2 is 2.15 bits per heavy atom. The normalized spacial score (nSPS) is 14.1. The molecule has 0 spiro atoms. The predicted molar refractivity (Wildman–Crippen MR) is 80.5 cm³/mol. The van der Waals surface area contributed by atoms with Gasteiger partial charge in [-0.2, -0.15) is 15.0 Å².